The van der Waals surface area contributed by atoms with Crippen LogP contribution in [-0.2, 0) is 13.0 Å². The molecule has 7 heteroatoms. The van der Waals surface area contributed by atoms with E-state index in [4.69, 9.17) is 32.7 Å². The minimum absolute atomic E-state index is 0.125. The Morgan fingerprint density at radius 1 is 1.10 bits per heavy atom. The highest BCUT2D eigenvalue weighted by Gasteiger charge is 2.33. The number of ketones is 1. The molecule has 3 heterocycles. The van der Waals surface area contributed by atoms with E-state index in [-0.39, 0.29) is 5.78 Å². The van der Waals surface area contributed by atoms with E-state index < -0.39 is 0 Å². The number of hydrogen-bond donors (Lipinski definition) is 0. The van der Waals surface area contributed by atoms with Gasteiger partial charge in [0.2, 0.25) is 5.78 Å². The minimum Gasteiger partial charge on any atom is -0.478 e. The van der Waals surface area contributed by atoms with Crippen molar-refractivity contribution in [3.05, 3.63) is 92.9 Å². The van der Waals surface area contributed by atoms with Gasteiger partial charge in [0.05, 0.1) is 11.1 Å². The van der Waals surface area contributed by atoms with Crippen molar-refractivity contribution >= 4 is 35.1 Å². The molecule has 3 aromatic rings. The SMILES string of the molecule is O=C1/C(=C/c2ccncc2)Oc2c1ccc1c2CN(CCc2ccc(Cl)cc2Cl)CO1. The van der Waals surface area contributed by atoms with Crippen molar-refractivity contribution in [2.45, 2.75) is 13.0 Å². The van der Waals surface area contributed by atoms with E-state index in [1.165, 1.54) is 0 Å². The molecule has 1 aromatic heterocycles. The number of nitrogens with zero attached hydrogens (tertiary/aromatic N) is 2. The van der Waals surface area contributed by atoms with E-state index in [0.717, 1.165) is 35.4 Å². The van der Waals surface area contributed by atoms with Gasteiger partial charge in [0.25, 0.3) is 0 Å². The summed E-state index contributed by atoms with van der Waals surface area (Å²) < 4.78 is 12.0. The van der Waals surface area contributed by atoms with Gasteiger partial charge < -0.3 is 9.47 Å². The maximum Gasteiger partial charge on any atom is 0.231 e. The Morgan fingerprint density at radius 3 is 2.74 bits per heavy atom. The summed E-state index contributed by atoms with van der Waals surface area (Å²) in [6, 6.07) is 12.8. The zero-order valence-corrected chi connectivity index (χ0v) is 18.0. The largest absolute Gasteiger partial charge is 0.478 e. The van der Waals surface area contributed by atoms with E-state index in [1.807, 2.05) is 30.3 Å². The Morgan fingerprint density at radius 2 is 1.94 bits per heavy atom. The summed E-state index contributed by atoms with van der Waals surface area (Å²) >= 11 is 12.3. The molecule has 0 fully saturated rings. The maximum absolute atomic E-state index is 12.9. The fraction of sp³-hybridized carbons (Fsp3) is 0.167. The van der Waals surface area contributed by atoms with Crippen molar-refractivity contribution in [1.29, 1.82) is 0 Å². The van der Waals surface area contributed by atoms with Gasteiger partial charge in [-0.2, -0.15) is 0 Å². The first-order valence-electron chi connectivity index (χ1n) is 9.88. The van der Waals surface area contributed by atoms with Crippen LogP contribution in [0.2, 0.25) is 10.0 Å². The number of ether oxygens (including phenoxy) is 2. The molecule has 0 unspecified atom stereocenters. The quantitative estimate of drug-likeness (QED) is 0.496. The Balaban J connectivity index is 1.36. The predicted octanol–water partition coefficient (Wildman–Crippen LogP) is 5.40. The van der Waals surface area contributed by atoms with Gasteiger partial charge in [0.1, 0.15) is 18.2 Å². The Kier molecular flexibility index (Phi) is 5.40. The molecule has 0 N–H and O–H groups in total. The summed E-state index contributed by atoms with van der Waals surface area (Å²) in [5.41, 5.74) is 3.34. The van der Waals surface area contributed by atoms with Gasteiger partial charge in [-0.15, -0.1) is 0 Å². The van der Waals surface area contributed by atoms with Crippen molar-refractivity contribution in [3.8, 4) is 11.5 Å². The predicted molar refractivity (Wildman–Crippen MR) is 120 cm³/mol. The van der Waals surface area contributed by atoms with Crippen molar-refractivity contribution in [3.63, 3.8) is 0 Å². The highest BCUT2D eigenvalue weighted by atomic mass is 35.5. The topological polar surface area (TPSA) is 51.7 Å². The van der Waals surface area contributed by atoms with Crippen molar-refractivity contribution in [1.82, 2.24) is 9.88 Å². The molecule has 5 nitrogen and oxygen atoms in total. The molecule has 2 aliphatic heterocycles. The molecule has 5 rings (SSSR count). The number of carbonyl (C=O) groups excluding carboxylic acids is 1. The lowest BCUT2D eigenvalue weighted by Gasteiger charge is -2.29. The van der Waals surface area contributed by atoms with Crippen LogP contribution in [0.5, 0.6) is 11.5 Å². The van der Waals surface area contributed by atoms with E-state index in [1.54, 1.807) is 30.6 Å². The first-order valence-corrected chi connectivity index (χ1v) is 10.6. The van der Waals surface area contributed by atoms with Gasteiger partial charge in [-0.05, 0) is 60.0 Å². The van der Waals surface area contributed by atoms with Crippen LogP contribution in [0.4, 0.5) is 0 Å². The van der Waals surface area contributed by atoms with E-state index in [0.29, 0.717) is 40.4 Å². The third kappa shape index (κ3) is 4.04. The number of hydrogen-bond acceptors (Lipinski definition) is 5. The van der Waals surface area contributed by atoms with Crippen molar-refractivity contribution in [2.24, 2.45) is 0 Å². The molecule has 0 atom stereocenters. The number of carbonyl (C=O) groups is 1. The minimum atomic E-state index is -0.125. The molecule has 0 saturated heterocycles. The third-order valence-electron chi connectivity index (χ3n) is 5.40. The molecule has 0 aliphatic carbocycles. The number of allylic oxidation sites excluding steroid dienone is 1. The summed E-state index contributed by atoms with van der Waals surface area (Å²) in [6.07, 6.45) is 5.86. The average Bonchev–Trinajstić information content (AvgIpc) is 3.09. The highest BCUT2D eigenvalue weighted by Crippen LogP contribution is 2.42. The van der Waals surface area contributed by atoms with Gasteiger partial charge in [-0.25, -0.2) is 0 Å². The molecule has 0 saturated carbocycles. The summed E-state index contributed by atoms with van der Waals surface area (Å²) in [5, 5.41) is 1.28. The molecule has 2 aromatic carbocycles. The summed E-state index contributed by atoms with van der Waals surface area (Å²) in [4.78, 5) is 19.0. The zero-order chi connectivity index (χ0) is 21.4. The number of Topliss-reactive ketones (excluding diaryl/α,β-unsaturated/α-hetero) is 1. The summed E-state index contributed by atoms with van der Waals surface area (Å²) in [5.74, 6) is 1.51. The maximum atomic E-state index is 12.9. The van der Waals surface area contributed by atoms with Crippen molar-refractivity contribution < 1.29 is 14.3 Å². The molecular weight excluding hydrogens is 435 g/mol. The van der Waals surface area contributed by atoms with Crippen LogP contribution >= 0.6 is 23.2 Å². The normalized spacial score (nSPS) is 16.6. The average molecular weight is 453 g/mol. The van der Waals surface area contributed by atoms with Gasteiger partial charge in [-0.3, -0.25) is 14.7 Å². The second-order valence-electron chi connectivity index (χ2n) is 7.45. The monoisotopic (exact) mass is 452 g/mol. The molecule has 31 heavy (non-hydrogen) atoms. The second kappa shape index (κ2) is 8.35. The number of benzene rings is 2. The van der Waals surface area contributed by atoms with Gasteiger partial charge in [0, 0.05) is 35.5 Å². The van der Waals surface area contributed by atoms with E-state index in [2.05, 4.69) is 9.88 Å². The number of rotatable bonds is 4. The van der Waals surface area contributed by atoms with Crippen LogP contribution in [-0.4, -0.2) is 28.9 Å². The zero-order valence-electron chi connectivity index (χ0n) is 16.5. The highest BCUT2D eigenvalue weighted by molar-refractivity contribution is 6.35. The molecule has 0 bridgehead atoms. The van der Waals surface area contributed by atoms with Crippen LogP contribution in [0, 0.1) is 0 Å². The third-order valence-corrected chi connectivity index (χ3v) is 5.99. The van der Waals surface area contributed by atoms with Gasteiger partial charge in [-0.1, -0.05) is 29.3 Å². The standard InChI is InChI=1S/C24H18Cl2N2O3/c25-17-2-1-16(20(26)12-17)7-10-28-13-19-21(30-14-28)4-3-18-23(29)22(31-24(18)19)11-15-5-8-27-9-6-15/h1-6,8-9,11-12H,7,10,13-14H2/b22-11-. The smallest absolute Gasteiger partial charge is 0.231 e. The number of halogens is 2. The van der Waals surface area contributed by atoms with Crippen LogP contribution in [0.15, 0.2) is 60.6 Å². The molecule has 0 amide bonds. The molecule has 0 radical (unpaired) electrons. The number of aromatic nitrogens is 1. The van der Waals surface area contributed by atoms with Crippen LogP contribution < -0.4 is 9.47 Å². The molecular formula is C24H18Cl2N2O3. The first kappa shape index (κ1) is 20.1. The molecule has 156 valence electrons. The number of pyridine rings is 1. The van der Waals surface area contributed by atoms with Crippen LogP contribution in [0.3, 0.4) is 0 Å². The first-order chi connectivity index (χ1) is 15.1. The van der Waals surface area contributed by atoms with Gasteiger partial charge >= 0.3 is 0 Å². The fourth-order valence-corrected chi connectivity index (χ4v) is 4.26. The lowest BCUT2D eigenvalue weighted by Crippen LogP contribution is -2.33. The Bertz CT molecular complexity index is 1190. The number of fused-ring (bicyclic) bond motifs is 3. The second-order valence-corrected chi connectivity index (χ2v) is 8.29. The summed E-state index contributed by atoms with van der Waals surface area (Å²) in [6.45, 7) is 1.84. The van der Waals surface area contributed by atoms with Gasteiger partial charge in [0.15, 0.2) is 5.76 Å². The Labute approximate surface area is 189 Å². The molecule has 0 spiro atoms. The van der Waals surface area contributed by atoms with Crippen LogP contribution in [0.1, 0.15) is 27.0 Å². The molecule has 2 aliphatic rings. The lowest BCUT2D eigenvalue weighted by atomic mass is 10.0. The summed E-state index contributed by atoms with van der Waals surface area (Å²) in [7, 11) is 0. The van der Waals surface area contributed by atoms with Crippen LogP contribution in [0.25, 0.3) is 6.08 Å². The van der Waals surface area contributed by atoms with Crippen molar-refractivity contribution in [2.75, 3.05) is 13.3 Å². The van der Waals surface area contributed by atoms with E-state index >= 15 is 0 Å². The Hall–Kier alpha value is -2.86. The van der Waals surface area contributed by atoms with E-state index in [9.17, 15) is 4.79 Å². The lowest BCUT2D eigenvalue weighted by molar-refractivity contribution is 0.0950. The fourth-order valence-electron chi connectivity index (χ4n) is 3.76.